The highest BCUT2D eigenvalue weighted by molar-refractivity contribution is 8.13. The van der Waals surface area contributed by atoms with E-state index >= 15 is 0 Å². The second kappa shape index (κ2) is 6.14. The third kappa shape index (κ3) is 3.96. The van der Waals surface area contributed by atoms with Crippen molar-refractivity contribution in [2.24, 2.45) is 5.92 Å². The lowest BCUT2D eigenvalue weighted by molar-refractivity contribution is 0.0237. The van der Waals surface area contributed by atoms with E-state index in [2.05, 4.69) is 0 Å². The Morgan fingerprint density at radius 1 is 1.20 bits per heavy atom. The van der Waals surface area contributed by atoms with E-state index in [0.29, 0.717) is 11.1 Å². The number of hydrogen-bond acceptors (Lipinski definition) is 4. The van der Waals surface area contributed by atoms with Gasteiger partial charge in [0.2, 0.25) is 0 Å². The minimum Gasteiger partial charge on any atom is -0.459 e. The topological polar surface area (TPSA) is 60.4 Å². The van der Waals surface area contributed by atoms with Crippen LogP contribution in [0.25, 0.3) is 0 Å². The molecule has 0 N–H and O–H groups in total. The smallest absolute Gasteiger partial charge is 0.338 e. The predicted molar refractivity (Wildman–Crippen MR) is 78.7 cm³/mol. The standard InChI is InChI=1S/C14H19ClO4S/c1-8(2)11(5)19-14(16)12-6-9(3)10(4)13(7-12)20(15,17)18/h6-8,11H,1-5H3. The van der Waals surface area contributed by atoms with Crippen molar-refractivity contribution in [3.05, 3.63) is 28.8 Å². The van der Waals surface area contributed by atoms with Gasteiger partial charge in [-0.25, -0.2) is 13.2 Å². The fourth-order valence-electron chi connectivity index (χ4n) is 1.57. The third-order valence-corrected chi connectivity index (χ3v) is 4.80. The van der Waals surface area contributed by atoms with Gasteiger partial charge in [0.1, 0.15) is 6.10 Å². The summed E-state index contributed by atoms with van der Waals surface area (Å²) in [7, 11) is 1.50. The molecule has 0 heterocycles. The Bertz CT molecular complexity index is 620. The van der Waals surface area contributed by atoms with Gasteiger partial charge in [-0.05, 0) is 49.9 Å². The monoisotopic (exact) mass is 318 g/mol. The molecule has 4 nitrogen and oxygen atoms in total. The van der Waals surface area contributed by atoms with Crippen molar-refractivity contribution >= 4 is 25.7 Å². The molecule has 20 heavy (non-hydrogen) atoms. The Labute approximate surface area is 124 Å². The van der Waals surface area contributed by atoms with E-state index in [-0.39, 0.29) is 22.5 Å². The molecule has 1 rings (SSSR count). The molecule has 0 aromatic heterocycles. The lowest BCUT2D eigenvalue weighted by Crippen LogP contribution is -2.20. The Kier molecular flexibility index (Phi) is 5.21. The maximum Gasteiger partial charge on any atom is 0.338 e. The van der Waals surface area contributed by atoms with Crippen molar-refractivity contribution in [1.29, 1.82) is 0 Å². The van der Waals surface area contributed by atoms with Crippen molar-refractivity contribution in [3.8, 4) is 0 Å². The summed E-state index contributed by atoms with van der Waals surface area (Å²) in [6.45, 7) is 9.04. The molecule has 0 spiro atoms. The molecule has 0 saturated carbocycles. The molecule has 112 valence electrons. The Morgan fingerprint density at radius 2 is 1.75 bits per heavy atom. The van der Waals surface area contributed by atoms with Crippen LogP contribution >= 0.6 is 10.7 Å². The molecular formula is C14H19ClO4S. The van der Waals surface area contributed by atoms with Gasteiger partial charge in [0.05, 0.1) is 10.5 Å². The molecule has 0 amide bonds. The van der Waals surface area contributed by atoms with Crippen molar-refractivity contribution in [1.82, 2.24) is 0 Å². The molecule has 0 aliphatic carbocycles. The van der Waals surface area contributed by atoms with Crippen LogP contribution in [0.5, 0.6) is 0 Å². The van der Waals surface area contributed by atoms with Gasteiger partial charge in [0, 0.05) is 10.7 Å². The van der Waals surface area contributed by atoms with Crippen LogP contribution < -0.4 is 0 Å². The summed E-state index contributed by atoms with van der Waals surface area (Å²) in [5, 5.41) is 0. The van der Waals surface area contributed by atoms with Gasteiger partial charge in [-0.3, -0.25) is 0 Å². The average Bonchev–Trinajstić information content (AvgIpc) is 2.30. The largest absolute Gasteiger partial charge is 0.459 e. The van der Waals surface area contributed by atoms with Crippen LogP contribution in [0.3, 0.4) is 0 Å². The fourth-order valence-corrected chi connectivity index (χ4v) is 2.85. The first-order valence-corrected chi connectivity index (χ1v) is 8.62. The Hall–Kier alpha value is -1.07. The number of halogens is 1. The molecule has 6 heteroatoms. The quantitative estimate of drug-likeness (QED) is 0.630. The van der Waals surface area contributed by atoms with Crippen LogP contribution in [0.1, 0.15) is 42.3 Å². The van der Waals surface area contributed by atoms with Gasteiger partial charge < -0.3 is 4.74 Å². The van der Waals surface area contributed by atoms with E-state index in [1.54, 1.807) is 26.8 Å². The molecule has 0 saturated heterocycles. The zero-order valence-corrected chi connectivity index (χ0v) is 13.8. The van der Waals surface area contributed by atoms with E-state index in [1.165, 1.54) is 6.07 Å². The molecule has 0 bridgehead atoms. The average molecular weight is 319 g/mol. The highest BCUT2D eigenvalue weighted by Crippen LogP contribution is 2.25. The van der Waals surface area contributed by atoms with Crippen LogP contribution in [0, 0.1) is 19.8 Å². The zero-order valence-electron chi connectivity index (χ0n) is 12.2. The van der Waals surface area contributed by atoms with Crippen LogP contribution in [0.15, 0.2) is 17.0 Å². The van der Waals surface area contributed by atoms with Crippen molar-refractivity contribution in [2.45, 2.75) is 45.6 Å². The van der Waals surface area contributed by atoms with E-state index in [0.717, 1.165) is 0 Å². The predicted octanol–water partition coefficient (Wildman–Crippen LogP) is 3.43. The van der Waals surface area contributed by atoms with Gasteiger partial charge in [-0.1, -0.05) is 13.8 Å². The highest BCUT2D eigenvalue weighted by atomic mass is 35.7. The second-order valence-electron chi connectivity index (χ2n) is 5.21. The first-order valence-electron chi connectivity index (χ1n) is 6.31. The van der Waals surface area contributed by atoms with Crippen LogP contribution in [0.2, 0.25) is 0 Å². The SMILES string of the molecule is Cc1cc(C(=O)OC(C)C(C)C)cc(S(=O)(=O)Cl)c1C. The Morgan fingerprint density at radius 3 is 2.20 bits per heavy atom. The van der Waals surface area contributed by atoms with Gasteiger partial charge >= 0.3 is 5.97 Å². The molecule has 0 aliphatic heterocycles. The molecule has 0 fully saturated rings. The second-order valence-corrected chi connectivity index (χ2v) is 7.74. The molecule has 0 radical (unpaired) electrons. The number of esters is 1. The summed E-state index contributed by atoms with van der Waals surface area (Å²) in [5.74, 6) is -0.363. The number of hydrogen-bond donors (Lipinski definition) is 0. The summed E-state index contributed by atoms with van der Waals surface area (Å²) >= 11 is 0. The maximum atomic E-state index is 12.0. The lowest BCUT2D eigenvalue weighted by Gasteiger charge is -2.17. The fraction of sp³-hybridized carbons (Fsp3) is 0.500. The van der Waals surface area contributed by atoms with Crippen molar-refractivity contribution < 1.29 is 17.9 Å². The number of carbonyl (C=O) groups excluding carboxylic acids is 1. The van der Waals surface area contributed by atoms with Gasteiger partial charge in [-0.2, -0.15) is 0 Å². The van der Waals surface area contributed by atoms with Crippen molar-refractivity contribution in [2.75, 3.05) is 0 Å². The van der Waals surface area contributed by atoms with Crippen LogP contribution in [0.4, 0.5) is 0 Å². The summed E-state index contributed by atoms with van der Waals surface area (Å²) < 4.78 is 28.3. The molecule has 0 aliphatic rings. The van der Waals surface area contributed by atoms with E-state index in [1.807, 2.05) is 13.8 Å². The van der Waals surface area contributed by atoms with Gasteiger partial charge in [-0.15, -0.1) is 0 Å². The lowest BCUT2D eigenvalue weighted by atomic mass is 10.1. The molecular weight excluding hydrogens is 300 g/mol. The molecule has 1 atom stereocenters. The van der Waals surface area contributed by atoms with E-state index in [9.17, 15) is 13.2 Å². The number of benzene rings is 1. The first-order chi connectivity index (χ1) is 9.04. The maximum absolute atomic E-state index is 12.0. The summed E-state index contributed by atoms with van der Waals surface area (Å²) in [6, 6.07) is 2.87. The number of rotatable bonds is 4. The summed E-state index contributed by atoms with van der Waals surface area (Å²) in [4.78, 5) is 12.0. The summed E-state index contributed by atoms with van der Waals surface area (Å²) in [6.07, 6.45) is -0.250. The molecule has 1 aromatic rings. The molecule has 1 unspecified atom stereocenters. The van der Waals surface area contributed by atoms with E-state index in [4.69, 9.17) is 15.4 Å². The van der Waals surface area contributed by atoms with Crippen LogP contribution in [-0.2, 0) is 13.8 Å². The highest BCUT2D eigenvalue weighted by Gasteiger charge is 2.21. The summed E-state index contributed by atoms with van der Waals surface area (Å²) in [5.41, 5.74) is 1.41. The number of carbonyl (C=O) groups is 1. The minimum absolute atomic E-state index is 0.0525. The number of ether oxygens (including phenoxy) is 1. The normalized spacial score (nSPS) is 13.3. The number of aryl methyl sites for hydroxylation is 1. The van der Waals surface area contributed by atoms with Crippen molar-refractivity contribution in [3.63, 3.8) is 0 Å². The van der Waals surface area contributed by atoms with Gasteiger partial charge in [0.15, 0.2) is 0 Å². The Balaban J connectivity index is 3.21. The zero-order chi connectivity index (χ0) is 15.7. The third-order valence-electron chi connectivity index (χ3n) is 3.35. The molecule has 1 aromatic carbocycles. The minimum atomic E-state index is -3.89. The van der Waals surface area contributed by atoms with Crippen LogP contribution in [-0.4, -0.2) is 20.5 Å². The van der Waals surface area contributed by atoms with Gasteiger partial charge in [0.25, 0.3) is 9.05 Å². The van der Waals surface area contributed by atoms with E-state index < -0.39 is 15.0 Å². The first kappa shape index (κ1) is 17.0.